The molecule has 7 nitrogen and oxygen atoms in total. The van der Waals surface area contributed by atoms with Crippen LogP contribution in [0.4, 0.5) is 4.79 Å². The number of rotatable bonds is 4. The van der Waals surface area contributed by atoms with Crippen molar-refractivity contribution in [2.24, 2.45) is 0 Å². The van der Waals surface area contributed by atoms with E-state index in [1.165, 1.54) is 4.90 Å². The number of hydrogen-bond donors (Lipinski definition) is 2. The van der Waals surface area contributed by atoms with Crippen molar-refractivity contribution in [2.75, 3.05) is 6.61 Å². The van der Waals surface area contributed by atoms with Crippen molar-refractivity contribution >= 4 is 18.0 Å². The van der Waals surface area contributed by atoms with Crippen LogP contribution in [0.5, 0.6) is 0 Å². The average Bonchev–Trinajstić information content (AvgIpc) is 3.32. The van der Waals surface area contributed by atoms with Crippen LogP contribution in [-0.4, -0.2) is 52.7 Å². The van der Waals surface area contributed by atoms with Gasteiger partial charge in [-0.15, -0.1) is 0 Å². The summed E-state index contributed by atoms with van der Waals surface area (Å²) in [6.45, 7) is 0.171. The second-order valence-corrected chi connectivity index (χ2v) is 8.78. The molecule has 32 heavy (non-hydrogen) atoms. The Balaban J connectivity index is 1.26. The summed E-state index contributed by atoms with van der Waals surface area (Å²) < 4.78 is 5.58. The summed E-state index contributed by atoms with van der Waals surface area (Å²) >= 11 is 0. The van der Waals surface area contributed by atoms with Crippen molar-refractivity contribution in [3.8, 4) is 11.1 Å². The fourth-order valence-electron chi connectivity index (χ4n) is 5.52. The lowest BCUT2D eigenvalue weighted by atomic mass is 9.98. The molecule has 2 saturated heterocycles. The van der Waals surface area contributed by atoms with Crippen LogP contribution in [0.1, 0.15) is 49.1 Å². The SMILES string of the molecule is O=C(N[C@@H]1CCC[C@@H]2CC[C@@H](C(=O)O)N2C1=O)OCC1c2ccccc2-c2ccccc21. The number of aliphatic carboxylic acids is 1. The number of hydrogen-bond acceptors (Lipinski definition) is 4. The van der Waals surface area contributed by atoms with Gasteiger partial charge in [0.25, 0.3) is 0 Å². The van der Waals surface area contributed by atoms with Gasteiger partial charge in [0.05, 0.1) is 0 Å². The lowest BCUT2D eigenvalue weighted by Crippen LogP contribution is -2.52. The van der Waals surface area contributed by atoms with Gasteiger partial charge in [0.15, 0.2) is 0 Å². The highest BCUT2D eigenvalue weighted by Crippen LogP contribution is 2.44. The topological polar surface area (TPSA) is 95.9 Å². The van der Waals surface area contributed by atoms with Gasteiger partial charge in [0, 0.05) is 12.0 Å². The molecule has 2 fully saturated rings. The van der Waals surface area contributed by atoms with Crippen molar-refractivity contribution in [3.63, 3.8) is 0 Å². The number of benzene rings is 2. The standard InChI is InChI=1S/C25H26N2O5/c28-23-21(11-5-6-15-12-13-22(24(29)30)27(15)23)26-25(31)32-14-20-18-9-3-1-7-16(18)17-8-2-4-10-19(17)20/h1-4,7-10,15,20-22H,5-6,11-14H2,(H,26,31)(H,29,30)/t15-,21-,22+/m1/s1. The molecule has 3 aliphatic rings. The first-order valence-electron chi connectivity index (χ1n) is 11.2. The number of carboxylic acid groups (broad SMARTS) is 1. The first-order valence-corrected chi connectivity index (χ1v) is 11.2. The fourth-order valence-corrected chi connectivity index (χ4v) is 5.52. The Morgan fingerprint density at radius 1 is 0.969 bits per heavy atom. The van der Waals surface area contributed by atoms with Crippen molar-refractivity contribution in [1.29, 1.82) is 0 Å². The van der Waals surface area contributed by atoms with E-state index < -0.39 is 24.1 Å². The number of fused-ring (bicyclic) bond motifs is 4. The van der Waals surface area contributed by atoms with Gasteiger partial charge in [0.2, 0.25) is 5.91 Å². The van der Waals surface area contributed by atoms with Crippen LogP contribution in [0.3, 0.4) is 0 Å². The van der Waals surface area contributed by atoms with Crippen LogP contribution < -0.4 is 5.32 Å². The quantitative estimate of drug-likeness (QED) is 0.768. The maximum Gasteiger partial charge on any atom is 0.407 e. The maximum absolute atomic E-state index is 13.1. The van der Waals surface area contributed by atoms with E-state index in [4.69, 9.17) is 4.74 Å². The Labute approximate surface area is 186 Å². The highest BCUT2D eigenvalue weighted by atomic mass is 16.5. The maximum atomic E-state index is 13.1. The monoisotopic (exact) mass is 434 g/mol. The third kappa shape index (κ3) is 3.51. The first-order chi connectivity index (χ1) is 15.5. The van der Waals surface area contributed by atoms with Crippen molar-refractivity contribution in [2.45, 2.75) is 56.1 Å². The van der Waals surface area contributed by atoms with Gasteiger partial charge in [-0.1, -0.05) is 48.5 Å². The third-order valence-corrected chi connectivity index (χ3v) is 7.01. The zero-order valence-electron chi connectivity index (χ0n) is 17.7. The summed E-state index contributed by atoms with van der Waals surface area (Å²) in [5, 5.41) is 12.2. The summed E-state index contributed by atoms with van der Waals surface area (Å²) in [6, 6.07) is 14.6. The van der Waals surface area contributed by atoms with E-state index in [2.05, 4.69) is 29.6 Å². The second-order valence-electron chi connectivity index (χ2n) is 8.78. The van der Waals surface area contributed by atoms with Crippen LogP contribution >= 0.6 is 0 Å². The Hall–Kier alpha value is -3.35. The Kier molecular flexibility index (Phi) is 5.33. The molecule has 2 aromatic rings. The number of carboxylic acids is 1. The predicted molar refractivity (Wildman–Crippen MR) is 117 cm³/mol. The largest absolute Gasteiger partial charge is 0.480 e. The van der Waals surface area contributed by atoms with Crippen molar-refractivity contribution in [3.05, 3.63) is 59.7 Å². The number of ether oxygens (including phenoxy) is 1. The normalized spacial score (nSPS) is 24.3. The van der Waals surface area contributed by atoms with Crippen LogP contribution in [0.25, 0.3) is 11.1 Å². The number of carbonyl (C=O) groups excluding carboxylic acids is 2. The van der Waals surface area contributed by atoms with Crippen LogP contribution in [0.15, 0.2) is 48.5 Å². The summed E-state index contributed by atoms with van der Waals surface area (Å²) in [7, 11) is 0. The molecule has 0 radical (unpaired) electrons. The van der Waals surface area contributed by atoms with Gasteiger partial charge >= 0.3 is 12.1 Å². The van der Waals surface area contributed by atoms with E-state index in [0.717, 1.165) is 35.1 Å². The second kappa shape index (κ2) is 8.30. The molecule has 0 saturated carbocycles. The predicted octanol–water partition coefficient (Wildman–Crippen LogP) is 3.52. The van der Waals surface area contributed by atoms with Gasteiger partial charge in [-0.3, -0.25) is 4.79 Å². The Morgan fingerprint density at radius 2 is 1.62 bits per heavy atom. The smallest absolute Gasteiger partial charge is 0.407 e. The molecule has 0 spiro atoms. The Morgan fingerprint density at radius 3 is 2.28 bits per heavy atom. The molecule has 0 unspecified atom stereocenters. The summed E-state index contributed by atoms with van der Waals surface area (Å²) in [6.07, 6.45) is 2.52. The molecule has 0 aromatic heterocycles. The van der Waals surface area contributed by atoms with Crippen LogP contribution in [0.2, 0.25) is 0 Å². The van der Waals surface area contributed by atoms with E-state index in [1.54, 1.807) is 0 Å². The molecular formula is C25H26N2O5. The molecule has 166 valence electrons. The minimum absolute atomic E-state index is 0.0575. The molecular weight excluding hydrogens is 408 g/mol. The van der Waals surface area contributed by atoms with Crippen LogP contribution in [0, 0.1) is 0 Å². The lowest BCUT2D eigenvalue weighted by Gasteiger charge is -2.29. The zero-order valence-corrected chi connectivity index (χ0v) is 17.7. The number of alkyl carbamates (subject to hydrolysis) is 1. The Bertz CT molecular complexity index is 1020. The van der Waals surface area contributed by atoms with Gasteiger partial charge < -0.3 is 20.1 Å². The molecule has 3 atom stereocenters. The number of amides is 2. The third-order valence-electron chi connectivity index (χ3n) is 7.01. The van der Waals surface area contributed by atoms with Crippen LogP contribution in [-0.2, 0) is 14.3 Å². The molecule has 2 amide bonds. The number of nitrogens with zero attached hydrogens (tertiary/aromatic N) is 1. The van der Waals surface area contributed by atoms with E-state index >= 15 is 0 Å². The van der Waals surface area contributed by atoms with E-state index in [-0.39, 0.29) is 24.5 Å². The van der Waals surface area contributed by atoms with E-state index in [1.807, 2.05) is 24.3 Å². The highest BCUT2D eigenvalue weighted by Gasteiger charge is 2.45. The number of carbonyl (C=O) groups is 3. The molecule has 2 N–H and O–H groups in total. The average molecular weight is 434 g/mol. The highest BCUT2D eigenvalue weighted by molar-refractivity contribution is 5.90. The molecule has 2 aromatic carbocycles. The van der Waals surface area contributed by atoms with E-state index in [9.17, 15) is 19.5 Å². The summed E-state index contributed by atoms with van der Waals surface area (Å²) in [4.78, 5) is 38.8. The van der Waals surface area contributed by atoms with Gasteiger partial charge in [-0.2, -0.15) is 0 Å². The first kappa shape index (κ1) is 20.5. The molecule has 5 rings (SSSR count). The fraction of sp³-hybridized carbons (Fsp3) is 0.400. The lowest BCUT2D eigenvalue weighted by molar-refractivity contribution is -0.150. The number of nitrogens with one attached hydrogen (secondary N) is 1. The molecule has 1 aliphatic carbocycles. The summed E-state index contributed by atoms with van der Waals surface area (Å²) in [5.41, 5.74) is 4.54. The van der Waals surface area contributed by atoms with Crippen molar-refractivity contribution in [1.82, 2.24) is 10.2 Å². The van der Waals surface area contributed by atoms with Gasteiger partial charge in [-0.05, 0) is 54.4 Å². The minimum Gasteiger partial charge on any atom is -0.480 e. The molecule has 0 bridgehead atoms. The summed E-state index contributed by atoms with van der Waals surface area (Å²) in [5.74, 6) is -1.36. The van der Waals surface area contributed by atoms with Gasteiger partial charge in [0.1, 0.15) is 18.7 Å². The van der Waals surface area contributed by atoms with Crippen molar-refractivity contribution < 1.29 is 24.2 Å². The molecule has 7 heteroatoms. The van der Waals surface area contributed by atoms with Gasteiger partial charge in [-0.25, -0.2) is 9.59 Å². The molecule has 2 heterocycles. The van der Waals surface area contributed by atoms with E-state index in [0.29, 0.717) is 19.3 Å². The minimum atomic E-state index is -0.984. The molecule has 2 aliphatic heterocycles. The zero-order chi connectivity index (χ0) is 22.2.